The Bertz CT molecular complexity index is 519. The minimum Gasteiger partial charge on any atom is -0.478 e. The number of carbonyl (C=O) groups is 1. The lowest BCUT2D eigenvalue weighted by Crippen LogP contribution is -1.96. The summed E-state index contributed by atoms with van der Waals surface area (Å²) in [4.78, 5) is 10.8. The number of carboxylic acid groups (broad SMARTS) is 1. The molecule has 2 aromatic rings. The van der Waals surface area contributed by atoms with E-state index in [1.165, 1.54) is 6.07 Å². The summed E-state index contributed by atoms with van der Waals surface area (Å²) >= 11 is 5.18. The molecular weight excluding hydrogens is 223 g/mol. The maximum Gasteiger partial charge on any atom is 0.338 e. The first-order valence-electron chi connectivity index (χ1n) is 3.74. The van der Waals surface area contributed by atoms with Crippen LogP contribution in [0.1, 0.15) is 10.4 Å². The number of thiophene rings is 1. The molecule has 1 N–H and O–H groups in total. The summed E-state index contributed by atoms with van der Waals surface area (Å²) in [6.45, 7) is 0. The smallest absolute Gasteiger partial charge is 0.338 e. The highest BCUT2D eigenvalue weighted by Crippen LogP contribution is 2.35. The highest BCUT2D eigenvalue weighted by atomic mass is 32.2. The maximum absolute atomic E-state index is 13.3. The normalized spacial score (nSPS) is 10.7. The van der Waals surface area contributed by atoms with Gasteiger partial charge < -0.3 is 5.11 Å². The molecule has 0 aliphatic carbocycles. The Hall–Kier alpha value is -1.07. The van der Waals surface area contributed by atoms with Crippen LogP contribution in [-0.4, -0.2) is 11.1 Å². The van der Waals surface area contributed by atoms with E-state index in [9.17, 15) is 9.18 Å². The number of hydrogen-bond acceptors (Lipinski definition) is 3. The van der Waals surface area contributed by atoms with Gasteiger partial charge in [-0.15, -0.1) is 24.0 Å². The lowest BCUT2D eigenvalue weighted by Gasteiger charge is -1.94. The van der Waals surface area contributed by atoms with Crippen molar-refractivity contribution in [2.75, 3.05) is 0 Å². The van der Waals surface area contributed by atoms with E-state index in [-0.39, 0.29) is 10.9 Å². The summed E-state index contributed by atoms with van der Waals surface area (Å²) < 4.78 is 14.3. The Morgan fingerprint density at radius 2 is 2.21 bits per heavy atom. The van der Waals surface area contributed by atoms with Gasteiger partial charge in [-0.2, -0.15) is 0 Å². The molecule has 0 aliphatic heterocycles. The fourth-order valence-electron chi connectivity index (χ4n) is 1.29. The Balaban J connectivity index is 2.93. The van der Waals surface area contributed by atoms with Crippen molar-refractivity contribution in [1.82, 2.24) is 0 Å². The predicted octanol–water partition coefficient (Wildman–Crippen LogP) is 3.03. The van der Waals surface area contributed by atoms with Gasteiger partial charge in [0.1, 0.15) is 5.82 Å². The number of aromatic carboxylic acids is 1. The van der Waals surface area contributed by atoms with Gasteiger partial charge in [-0.05, 0) is 12.1 Å². The van der Waals surface area contributed by atoms with Crippen LogP contribution in [0.2, 0.25) is 0 Å². The summed E-state index contributed by atoms with van der Waals surface area (Å²) in [5, 5.41) is 9.02. The van der Waals surface area contributed by atoms with Gasteiger partial charge in [0.15, 0.2) is 0 Å². The molecule has 0 spiro atoms. The molecule has 2 nitrogen and oxygen atoms in total. The van der Waals surface area contributed by atoms with Crippen molar-refractivity contribution in [2.24, 2.45) is 0 Å². The molecule has 1 aromatic heterocycles. The predicted molar refractivity (Wildman–Crippen MR) is 56.0 cm³/mol. The summed E-state index contributed by atoms with van der Waals surface area (Å²) in [6.07, 6.45) is 0. The van der Waals surface area contributed by atoms with E-state index in [1.54, 1.807) is 12.1 Å². The quantitative estimate of drug-likeness (QED) is 0.736. The average Bonchev–Trinajstić information content (AvgIpc) is 2.42. The number of benzene rings is 1. The van der Waals surface area contributed by atoms with Crippen LogP contribution < -0.4 is 0 Å². The molecule has 2 rings (SSSR count). The van der Waals surface area contributed by atoms with Gasteiger partial charge in [0, 0.05) is 10.1 Å². The lowest BCUT2D eigenvalue weighted by atomic mass is 10.2. The number of halogens is 1. The van der Waals surface area contributed by atoms with Crippen LogP contribution in [0.25, 0.3) is 10.1 Å². The van der Waals surface area contributed by atoms with Crippen LogP contribution in [0.5, 0.6) is 0 Å². The van der Waals surface area contributed by atoms with Crippen LogP contribution in [0.3, 0.4) is 0 Å². The number of rotatable bonds is 1. The van der Waals surface area contributed by atoms with Crippen molar-refractivity contribution < 1.29 is 14.3 Å². The van der Waals surface area contributed by atoms with Crippen LogP contribution in [-0.2, 0) is 0 Å². The first kappa shape index (κ1) is 9.48. The largest absolute Gasteiger partial charge is 0.478 e. The average molecular weight is 228 g/mol. The standard InChI is InChI=1S/C9H5FO2S2/c10-4-2-1-3-5-6(4)7(8(11)12)9(13)14-5/h1-3,13H,(H,11,12). The molecule has 5 heteroatoms. The van der Waals surface area contributed by atoms with E-state index in [2.05, 4.69) is 12.6 Å². The second-order valence-corrected chi connectivity index (χ2v) is 4.50. The Kier molecular flexibility index (Phi) is 2.20. The number of fused-ring (bicyclic) bond motifs is 1. The third-order valence-corrected chi connectivity index (χ3v) is 3.31. The second-order valence-electron chi connectivity index (χ2n) is 2.70. The van der Waals surface area contributed by atoms with Crippen molar-refractivity contribution in [1.29, 1.82) is 0 Å². The monoisotopic (exact) mass is 228 g/mol. The molecule has 0 bridgehead atoms. The van der Waals surface area contributed by atoms with Gasteiger partial charge in [-0.3, -0.25) is 0 Å². The highest BCUT2D eigenvalue weighted by molar-refractivity contribution is 7.83. The minimum atomic E-state index is -1.15. The van der Waals surface area contributed by atoms with Gasteiger partial charge >= 0.3 is 5.97 Å². The van der Waals surface area contributed by atoms with Crippen molar-refractivity contribution >= 4 is 40.0 Å². The number of carboxylic acids is 1. The Morgan fingerprint density at radius 1 is 1.50 bits per heavy atom. The SMILES string of the molecule is O=C(O)c1c(S)sc2cccc(F)c12. The molecule has 0 fully saturated rings. The van der Waals surface area contributed by atoms with E-state index in [0.717, 1.165) is 11.3 Å². The van der Waals surface area contributed by atoms with Gasteiger partial charge in [-0.25, -0.2) is 9.18 Å². The molecular formula is C9H5FO2S2. The summed E-state index contributed by atoms with van der Waals surface area (Å²) in [7, 11) is 0. The Labute approximate surface area is 88.4 Å². The van der Waals surface area contributed by atoms with Gasteiger partial charge in [0.05, 0.1) is 9.77 Å². The zero-order valence-corrected chi connectivity index (χ0v) is 8.53. The molecule has 72 valence electrons. The number of thiol groups is 1. The molecule has 0 unspecified atom stereocenters. The highest BCUT2D eigenvalue weighted by Gasteiger charge is 2.18. The van der Waals surface area contributed by atoms with Gasteiger partial charge in [-0.1, -0.05) is 6.07 Å². The van der Waals surface area contributed by atoms with Crippen LogP contribution in [0.4, 0.5) is 4.39 Å². The topological polar surface area (TPSA) is 37.3 Å². The Morgan fingerprint density at radius 3 is 2.86 bits per heavy atom. The van der Waals surface area contributed by atoms with E-state index in [4.69, 9.17) is 5.11 Å². The first-order chi connectivity index (χ1) is 6.61. The molecule has 1 heterocycles. The summed E-state index contributed by atoms with van der Waals surface area (Å²) in [5.74, 6) is -1.66. The summed E-state index contributed by atoms with van der Waals surface area (Å²) in [5.41, 5.74) is -0.0496. The molecule has 0 aliphatic rings. The van der Waals surface area contributed by atoms with E-state index < -0.39 is 11.8 Å². The third-order valence-electron chi connectivity index (χ3n) is 1.86. The third kappa shape index (κ3) is 1.29. The summed E-state index contributed by atoms with van der Waals surface area (Å²) in [6, 6.07) is 4.47. The van der Waals surface area contributed by atoms with Gasteiger partial charge in [0.25, 0.3) is 0 Å². The lowest BCUT2D eigenvalue weighted by molar-refractivity contribution is 0.0696. The number of hydrogen-bond donors (Lipinski definition) is 2. The zero-order chi connectivity index (χ0) is 10.3. The van der Waals surface area contributed by atoms with Crippen molar-refractivity contribution in [3.63, 3.8) is 0 Å². The molecule has 0 amide bonds. The minimum absolute atomic E-state index is 0.0496. The molecule has 14 heavy (non-hydrogen) atoms. The van der Waals surface area contributed by atoms with E-state index >= 15 is 0 Å². The first-order valence-corrected chi connectivity index (χ1v) is 5.01. The molecule has 0 atom stereocenters. The van der Waals surface area contributed by atoms with E-state index in [0.29, 0.717) is 8.91 Å². The fourth-order valence-corrected chi connectivity index (χ4v) is 2.74. The molecule has 0 saturated heterocycles. The van der Waals surface area contributed by atoms with Crippen molar-refractivity contribution in [3.8, 4) is 0 Å². The van der Waals surface area contributed by atoms with Crippen LogP contribution in [0.15, 0.2) is 22.4 Å². The maximum atomic E-state index is 13.3. The fraction of sp³-hybridized carbons (Fsp3) is 0. The molecule has 0 saturated carbocycles. The van der Waals surface area contributed by atoms with Crippen molar-refractivity contribution in [2.45, 2.75) is 4.21 Å². The molecule has 1 aromatic carbocycles. The van der Waals surface area contributed by atoms with Crippen LogP contribution in [0, 0.1) is 5.82 Å². The second kappa shape index (κ2) is 3.25. The van der Waals surface area contributed by atoms with Crippen molar-refractivity contribution in [3.05, 3.63) is 29.6 Å². The van der Waals surface area contributed by atoms with Crippen LogP contribution >= 0.6 is 24.0 Å². The molecule has 0 radical (unpaired) electrons. The zero-order valence-electron chi connectivity index (χ0n) is 6.82. The van der Waals surface area contributed by atoms with E-state index in [1.807, 2.05) is 0 Å². The van der Waals surface area contributed by atoms with Gasteiger partial charge in [0.2, 0.25) is 0 Å².